The minimum atomic E-state index is -1.26. The van der Waals surface area contributed by atoms with Gasteiger partial charge in [-0.25, -0.2) is 14.5 Å². The number of esters is 1. The number of carbonyl (C=O) groups is 1. The van der Waals surface area contributed by atoms with Crippen molar-refractivity contribution in [2.24, 2.45) is 0 Å². The molecule has 2 heterocycles. The minimum absolute atomic E-state index is 0.190. The molecular weight excluding hydrogens is 318 g/mol. The van der Waals surface area contributed by atoms with E-state index in [0.29, 0.717) is 23.4 Å². The highest BCUT2D eigenvalue weighted by molar-refractivity contribution is 6.30. The van der Waals surface area contributed by atoms with Crippen molar-refractivity contribution in [3.63, 3.8) is 0 Å². The van der Waals surface area contributed by atoms with Crippen LogP contribution in [-0.2, 0) is 26.4 Å². The van der Waals surface area contributed by atoms with Crippen molar-refractivity contribution in [1.82, 2.24) is 14.8 Å². The predicted molar refractivity (Wildman–Crippen MR) is 83.6 cm³/mol. The quantitative estimate of drug-likeness (QED) is 0.786. The van der Waals surface area contributed by atoms with E-state index >= 15 is 0 Å². The molecule has 2 aromatic rings. The fourth-order valence-electron chi connectivity index (χ4n) is 2.80. The SMILES string of the molecule is CCC1(CC)OC(=O)C(Cn2cncn2)(c2ccc(Cl)cc2)O1. The van der Waals surface area contributed by atoms with Crippen LogP contribution in [0.5, 0.6) is 0 Å². The van der Waals surface area contributed by atoms with E-state index in [0.717, 1.165) is 0 Å². The van der Waals surface area contributed by atoms with E-state index in [-0.39, 0.29) is 6.54 Å². The monoisotopic (exact) mass is 335 g/mol. The van der Waals surface area contributed by atoms with Crippen molar-refractivity contribution < 1.29 is 14.3 Å². The Morgan fingerprint density at radius 1 is 1.22 bits per heavy atom. The van der Waals surface area contributed by atoms with E-state index in [2.05, 4.69) is 10.1 Å². The molecule has 1 aliphatic rings. The van der Waals surface area contributed by atoms with Crippen molar-refractivity contribution in [2.75, 3.05) is 0 Å². The fraction of sp³-hybridized carbons (Fsp3) is 0.438. The molecule has 1 atom stereocenters. The summed E-state index contributed by atoms with van der Waals surface area (Å²) in [6, 6.07) is 7.02. The van der Waals surface area contributed by atoms with Crippen molar-refractivity contribution in [3.05, 3.63) is 47.5 Å². The van der Waals surface area contributed by atoms with E-state index in [1.807, 2.05) is 13.8 Å². The van der Waals surface area contributed by atoms with Gasteiger partial charge in [0.15, 0.2) is 0 Å². The van der Waals surface area contributed by atoms with Gasteiger partial charge in [-0.15, -0.1) is 0 Å². The van der Waals surface area contributed by atoms with Crippen LogP contribution in [0.25, 0.3) is 0 Å². The number of carbonyl (C=O) groups excluding carboxylic acids is 1. The third-order valence-corrected chi connectivity index (χ3v) is 4.46. The summed E-state index contributed by atoms with van der Waals surface area (Å²) in [5.41, 5.74) is -0.573. The van der Waals surface area contributed by atoms with E-state index in [1.165, 1.54) is 6.33 Å². The molecule has 1 fully saturated rings. The van der Waals surface area contributed by atoms with Crippen LogP contribution in [0.1, 0.15) is 32.3 Å². The first-order valence-electron chi connectivity index (χ1n) is 7.55. The number of benzene rings is 1. The van der Waals surface area contributed by atoms with Gasteiger partial charge in [0.2, 0.25) is 11.4 Å². The van der Waals surface area contributed by atoms with E-state index in [4.69, 9.17) is 21.1 Å². The maximum atomic E-state index is 12.8. The molecule has 0 radical (unpaired) electrons. The number of rotatable bonds is 5. The molecule has 0 amide bonds. The molecule has 0 N–H and O–H groups in total. The molecular formula is C16H18ClN3O3. The molecule has 122 valence electrons. The first-order valence-corrected chi connectivity index (χ1v) is 7.93. The van der Waals surface area contributed by atoms with Crippen LogP contribution in [0, 0.1) is 0 Å². The zero-order valence-corrected chi connectivity index (χ0v) is 13.8. The lowest BCUT2D eigenvalue weighted by atomic mass is 9.93. The predicted octanol–water partition coefficient (Wildman–Crippen LogP) is 2.92. The normalized spacial score (nSPS) is 23.0. The van der Waals surface area contributed by atoms with Crippen LogP contribution >= 0.6 is 11.6 Å². The number of ether oxygens (including phenoxy) is 2. The maximum absolute atomic E-state index is 12.8. The van der Waals surface area contributed by atoms with Crippen LogP contribution in [0.4, 0.5) is 0 Å². The van der Waals surface area contributed by atoms with Gasteiger partial charge in [0.25, 0.3) is 0 Å². The van der Waals surface area contributed by atoms with E-state index < -0.39 is 17.4 Å². The summed E-state index contributed by atoms with van der Waals surface area (Å²) in [7, 11) is 0. The smallest absolute Gasteiger partial charge is 0.347 e. The topological polar surface area (TPSA) is 66.2 Å². The largest absolute Gasteiger partial charge is 0.431 e. The Kier molecular flexibility index (Phi) is 4.12. The van der Waals surface area contributed by atoms with Crippen LogP contribution in [-0.4, -0.2) is 26.5 Å². The second-order valence-corrected chi connectivity index (χ2v) is 5.97. The summed E-state index contributed by atoms with van der Waals surface area (Å²) in [5, 5.41) is 4.68. The van der Waals surface area contributed by atoms with Gasteiger partial charge in [-0.3, -0.25) is 0 Å². The number of aromatic nitrogens is 3. The second-order valence-electron chi connectivity index (χ2n) is 5.54. The Bertz CT molecular complexity index is 683. The Hall–Kier alpha value is -1.92. The van der Waals surface area contributed by atoms with Gasteiger partial charge in [-0.2, -0.15) is 5.10 Å². The van der Waals surface area contributed by atoms with Gasteiger partial charge in [-0.1, -0.05) is 37.6 Å². The first kappa shape index (κ1) is 16.0. The molecule has 1 aromatic heterocycles. The summed E-state index contributed by atoms with van der Waals surface area (Å²) < 4.78 is 13.5. The molecule has 3 rings (SSSR count). The molecule has 1 aromatic carbocycles. The van der Waals surface area contributed by atoms with Gasteiger partial charge in [0.1, 0.15) is 12.7 Å². The third kappa shape index (κ3) is 2.72. The fourth-order valence-corrected chi connectivity index (χ4v) is 2.92. The summed E-state index contributed by atoms with van der Waals surface area (Å²) in [4.78, 5) is 16.7. The van der Waals surface area contributed by atoms with Gasteiger partial charge in [0, 0.05) is 17.9 Å². The van der Waals surface area contributed by atoms with Crippen LogP contribution in [0.3, 0.4) is 0 Å². The van der Waals surface area contributed by atoms with Gasteiger partial charge in [0.05, 0.1) is 6.54 Å². The van der Waals surface area contributed by atoms with Crippen molar-refractivity contribution in [3.8, 4) is 0 Å². The lowest BCUT2D eigenvalue weighted by Crippen LogP contribution is -2.40. The summed E-state index contributed by atoms with van der Waals surface area (Å²) >= 11 is 5.97. The molecule has 23 heavy (non-hydrogen) atoms. The molecule has 6 nitrogen and oxygen atoms in total. The lowest BCUT2D eigenvalue weighted by Gasteiger charge is -2.29. The van der Waals surface area contributed by atoms with Gasteiger partial charge >= 0.3 is 5.97 Å². The van der Waals surface area contributed by atoms with E-state index in [1.54, 1.807) is 35.3 Å². The molecule has 0 saturated carbocycles. The molecule has 0 bridgehead atoms. The van der Waals surface area contributed by atoms with E-state index in [9.17, 15) is 4.79 Å². The minimum Gasteiger partial charge on any atom is -0.431 e. The highest BCUT2D eigenvalue weighted by Crippen LogP contribution is 2.44. The van der Waals surface area contributed by atoms with Crippen LogP contribution < -0.4 is 0 Å². The molecule has 1 unspecified atom stereocenters. The Morgan fingerprint density at radius 2 is 1.91 bits per heavy atom. The highest BCUT2D eigenvalue weighted by Gasteiger charge is 2.58. The summed E-state index contributed by atoms with van der Waals surface area (Å²) in [6.07, 6.45) is 4.11. The zero-order valence-electron chi connectivity index (χ0n) is 13.0. The summed E-state index contributed by atoms with van der Waals surface area (Å²) in [5.74, 6) is -1.34. The highest BCUT2D eigenvalue weighted by atomic mass is 35.5. The van der Waals surface area contributed by atoms with Crippen LogP contribution in [0.2, 0.25) is 5.02 Å². The standard InChI is InChI=1S/C16H18ClN3O3/c1-3-15(4-2)22-14(21)16(23-15,9-20-11-18-10-19-20)12-5-7-13(17)8-6-12/h5-8,10-11H,3-4,9H2,1-2H3. The number of cyclic esters (lactones) is 1. The number of hydrogen-bond donors (Lipinski definition) is 0. The van der Waals surface area contributed by atoms with Gasteiger partial charge < -0.3 is 9.47 Å². The third-order valence-electron chi connectivity index (χ3n) is 4.21. The summed E-state index contributed by atoms with van der Waals surface area (Å²) in [6.45, 7) is 4.06. The number of hydrogen-bond acceptors (Lipinski definition) is 5. The maximum Gasteiger partial charge on any atom is 0.347 e. The Morgan fingerprint density at radius 3 is 2.43 bits per heavy atom. The van der Waals surface area contributed by atoms with Crippen molar-refractivity contribution in [1.29, 1.82) is 0 Å². The number of nitrogens with zero attached hydrogens (tertiary/aromatic N) is 3. The molecule has 0 aliphatic carbocycles. The van der Waals surface area contributed by atoms with Crippen molar-refractivity contribution in [2.45, 2.75) is 44.6 Å². The Labute approximate surface area is 139 Å². The van der Waals surface area contributed by atoms with Gasteiger partial charge in [-0.05, 0) is 17.7 Å². The second kappa shape index (κ2) is 5.94. The van der Waals surface area contributed by atoms with Crippen LogP contribution in [0.15, 0.2) is 36.9 Å². The first-order chi connectivity index (χ1) is 11.0. The molecule has 1 aliphatic heterocycles. The Balaban J connectivity index is 2.07. The van der Waals surface area contributed by atoms with Crippen molar-refractivity contribution >= 4 is 17.6 Å². The average molecular weight is 336 g/mol. The average Bonchev–Trinajstić information content (AvgIpc) is 3.16. The lowest BCUT2D eigenvalue weighted by molar-refractivity contribution is -0.197. The molecule has 7 heteroatoms. The zero-order chi connectivity index (χ0) is 16.5. The number of halogens is 1. The molecule has 1 saturated heterocycles. The molecule has 0 spiro atoms.